The van der Waals surface area contributed by atoms with Gasteiger partial charge in [0.2, 0.25) is 5.91 Å². The van der Waals surface area contributed by atoms with Crippen molar-refractivity contribution in [2.24, 2.45) is 0 Å². The number of nitrogens with zero attached hydrogens (tertiary/aromatic N) is 2. The molecule has 0 saturated carbocycles. The molecule has 1 aromatic heterocycles. The zero-order chi connectivity index (χ0) is 19.8. The van der Waals surface area contributed by atoms with Gasteiger partial charge in [-0.2, -0.15) is 5.10 Å². The van der Waals surface area contributed by atoms with Crippen LogP contribution in [0.15, 0.2) is 42.5 Å². The van der Waals surface area contributed by atoms with Crippen LogP contribution in [0.1, 0.15) is 28.8 Å². The molecule has 1 saturated heterocycles. The van der Waals surface area contributed by atoms with Gasteiger partial charge in [0.15, 0.2) is 5.82 Å². The lowest BCUT2D eigenvalue weighted by atomic mass is 9.94. The summed E-state index contributed by atoms with van der Waals surface area (Å²) in [5.74, 6) is 0.134. The number of anilines is 1. The van der Waals surface area contributed by atoms with Crippen LogP contribution in [-0.4, -0.2) is 46.0 Å². The monoisotopic (exact) mass is 397 g/mol. The zero-order valence-corrected chi connectivity index (χ0v) is 16.0. The minimum Gasteiger partial charge on any atom is -0.382 e. The lowest BCUT2D eigenvalue weighted by Gasteiger charge is -2.19. The van der Waals surface area contributed by atoms with E-state index in [2.05, 4.69) is 15.5 Å². The van der Waals surface area contributed by atoms with Crippen LogP contribution in [0, 0.1) is 0 Å². The van der Waals surface area contributed by atoms with E-state index in [0.717, 1.165) is 16.5 Å². The molecule has 1 fully saturated rings. The first-order chi connectivity index (χ1) is 13.4. The van der Waals surface area contributed by atoms with Crippen molar-refractivity contribution in [2.45, 2.75) is 18.9 Å². The Morgan fingerprint density at radius 3 is 2.68 bits per heavy atom. The number of rotatable bonds is 3. The number of likely N-dealkylation sites (tertiary alicyclic amines) is 1. The van der Waals surface area contributed by atoms with Crippen LogP contribution < -0.4 is 11.1 Å². The molecule has 3 aromatic rings. The van der Waals surface area contributed by atoms with E-state index in [1.54, 1.807) is 23.1 Å². The minimum absolute atomic E-state index is 0.00663. The smallest absolute Gasteiger partial charge is 0.253 e. The standard InChI is InChI=1S/C20H20ClN5O2/c1-11(27)23-18-10-26(9-16(18)12-2-5-14(21)6-3-12)20(28)13-4-7-17-15(8-13)19(22)25-24-17/h2-8,16,18H,9-10H2,1H3,(H,23,27)(H3,22,24,25)/t16-,18+/m0/s1. The average molecular weight is 398 g/mol. The van der Waals surface area contributed by atoms with Gasteiger partial charge in [-0.15, -0.1) is 0 Å². The molecule has 2 heterocycles. The number of nitrogen functional groups attached to an aromatic ring is 1. The Kier molecular flexibility index (Phi) is 4.68. The molecule has 0 radical (unpaired) electrons. The number of aromatic nitrogens is 2. The number of nitrogens with two attached hydrogens (primary N) is 1. The predicted octanol–water partition coefficient (Wildman–Crippen LogP) is 2.54. The fourth-order valence-electron chi connectivity index (χ4n) is 3.77. The van der Waals surface area contributed by atoms with Gasteiger partial charge in [0, 0.05) is 41.9 Å². The summed E-state index contributed by atoms with van der Waals surface area (Å²) in [5, 5.41) is 11.1. The molecular weight excluding hydrogens is 378 g/mol. The summed E-state index contributed by atoms with van der Waals surface area (Å²) in [6, 6.07) is 12.7. The molecule has 1 aliphatic heterocycles. The maximum atomic E-state index is 13.1. The Morgan fingerprint density at radius 2 is 1.96 bits per heavy atom. The van der Waals surface area contributed by atoms with Crippen LogP contribution in [0.25, 0.3) is 10.9 Å². The Hall–Kier alpha value is -3.06. The first kappa shape index (κ1) is 18.3. The molecule has 0 unspecified atom stereocenters. The van der Waals surface area contributed by atoms with Crippen molar-refractivity contribution in [1.29, 1.82) is 0 Å². The molecule has 0 aliphatic carbocycles. The number of halogens is 1. The van der Waals surface area contributed by atoms with E-state index in [4.69, 9.17) is 17.3 Å². The number of hydrogen-bond donors (Lipinski definition) is 3. The van der Waals surface area contributed by atoms with Crippen LogP contribution in [0.5, 0.6) is 0 Å². The van der Waals surface area contributed by atoms with Crippen molar-refractivity contribution in [3.05, 3.63) is 58.6 Å². The van der Waals surface area contributed by atoms with Crippen LogP contribution in [-0.2, 0) is 4.79 Å². The van der Waals surface area contributed by atoms with E-state index in [1.807, 2.05) is 24.3 Å². The second-order valence-electron chi connectivity index (χ2n) is 7.04. The number of hydrogen-bond acceptors (Lipinski definition) is 4. The Morgan fingerprint density at radius 1 is 1.21 bits per heavy atom. The molecule has 0 spiro atoms. The summed E-state index contributed by atoms with van der Waals surface area (Å²) in [5.41, 5.74) is 8.22. The van der Waals surface area contributed by atoms with Crippen molar-refractivity contribution in [3.63, 3.8) is 0 Å². The highest BCUT2D eigenvalue weighted by atomic mass is 35.5. The van der Waals surface area contributed by atoms with Gasteiger partial charge in [-0.25, -0.2) is 0 Å². The second kappa shape index (κ2) is 7.16. The predicted molar refractivity (Wildman–Crippen MR) is 108 cm³/mol. The quantitative estimate of drug-likeness (QED) is 0.631. The lowest BCUT2D eigenvalue weighted by molar-refractivity contribution is -0.119. The molecule has 2 aromatic carbocycles. The largest absolute Gasteiger partial charge is 0.382 e. The molecule has 0 bridgehead atoms. The fraction of sp³-hybridized carbons (Fsp3) is 0.250. The van der Waals surface area contributed by atoms with Crippen molar-refractivity contribution >= 4 is 40.1 Å². The fourth-order valence-corrected chi connectivity index (χ4v) is 3.90. The van der Waals surface area contributed by atoms with E-state index in [0.29, 0.717) is 29.5 Å². The van der Waals surface area contributed by atoms with Gasteiger partial charge in [0.1, 0.15) is 0 Å². The van der Waals surface area contributed by atoms with Gasteiger partial charge in [-0.1, -0.05) is 23.7 Å². The molecule has 7 nitrogen and oxygen atoms in total. The van der Waals surface area contributed by atoms with Crippen LogP contribution >= 0.6 is 11.6 Å². The average Bonchev–Trinajstić information content (AvgIpc) is 3.25. The van der Waals surface area contributed by atoms with E-state index in [-0.39, 0.29) is 23.8 Å². The number of nitrogens with one attached hydrogen (secondary N) is 2. The molecule has 144 valence electrons. The summed E-state index contributed by atoms with van der Waals surface area (Å²) < 4.78 is 0. The highest BCUT2D eigenvalue weighted by Gasteiger charge is 2.37. The Labute approximate surface area is 166 Å². The molecule has 28 heavy (non-hydrogen) atoms. The van der Waals surface area contributed by atoms with Crippen molar-refractivity contribution in [1.82, 2.24) is 20.4 Å². The highest BCUT2D eigenvalue weighted by Crippen LogP contribution is 2.30. The molecule has 2 amide bonds. The minimum atomic E-state index is -0.162. The Balaban J connectivity index is 1.61. The first-order valence-corrected chi connectivity index (χ1v) is 9.35. The Bertz CT molecular complexity index is 1050. The van der Waals surface area contributed by atoms with Gasteiger partial charge >= 0.3 is 0 Å². The third-order valence-corrected chi connectivity index (χ3v) is 5.39. The number of benzene rings is 2. The summed E-state index contributed by atoms with van der Waals surface area (Å²) >= 11 is 6.00. The number of fused-ring (bicyclic) bond motifs is 1. The number of carbonyl (C=O) groups excluding carboxylic acids is 2. The summed E-state index contributed by atoms with van der Waals surface area (Å²) in [4.78, 5) is 26.5. The number of amides is 2. The summed E-state index contributed by atoms with van der Waals surface area (Å²) in [6.45, 7) is 2.42. The van der Waals surface area contributed by atoms with E-state index < -0.39 is 0 Å². The molecule has 4 rings (SSSR count). The van der Waals surface area contributed by atoms with Gasteiger partial charge in [0.25, 0.3) is 5.91 Å². The maximum absolute atomic E-state index is 13.1. The van der Waals surface area contributed by atoms with Gasteiger partial charge in [-0.05, 0) is 35.9 Å². The summed E-state index contributed by atoms with van der Waals surface area (Å²) in [7, 11) is 0. The van der Waals surface area contributed by atoms with Gasteiger partial charge in [0.05, 0.1) is 11.6 Å². The van der Waals surface area contributed by atoms with E-state index >= 15 is 0 Å². The normalized spacial score (nSPS) is 19.1. The summed E-state index contributed by atoms with van der Waals surface area (Å²) in [6.07, 6.45) is 0. The molecular formula is C20H20ClN5O2. The van der Waals surface area contributed by atoms with Crippen molar-refractivity contribution in [2.75, 3.05) is 18.8 Å². The van der Waals surface area contributed by atoms with Crippen LogP contribution in [0.3, 0.4) is 0 Å². The van der Waals surface area contributed by atoms with Gasteiger partial charge < -0.3 is 16.0 Å². The third kappa shape index (κ3) is 3.41. The third-order valence-electron chi connectivity index (χ3n) is 5.13. The SMILES string of the molecule is CC(=O)N[C@@H]1CN(C(=O)c2ccc3[nH]nc(N)c3c2)C[C@H]1c1ccc(Cl)cc1. The topological polar surface area (TPSA) is 104 Å². The van der Waals surface area contributed by atoms with Crippen LogP contribution in [0.2, 0.25) is 5.02 Å². The highest BCUT2D eigenvalue weighted by molar-refractivity contribution is 6.30. The first-order valence-electron chi connectivity index (χ1n) is 8.98. The number of carbonyl (C=O) groups is 2. The van der Waals surface area contributed by atoms with Crippen LogP contribution in [0.4, 0.5) is 5.82 Å². The van der Waals surface area contributed by atoms with Crippen molar-refractivity contribution < 1.29 is 9.59 Å². The molecule has 1 aliphatic rings. The lowest BCUT2D eigenvalue weighted by Crippen LogP contribution is -2.39. The van der Waals surface area contributed by atoms with Crippen molar-refractivity contribution in [3.8, 4) is 0 Å². The van der Waals surface area contributed by atoms with E-state index in [1.165, 1.54) is 6.92 Å². The number of aromatic amines is 1. The maximum Gasteiger partial charge on any atom is 0.253 e. The van der Waals surface area contributed by atoms with E-state index in [9.17, 15) is 9.59 Å². The number of H-pyrrole nitrogens is 1. The molecule has 2 atom stereocenters. The molecule has 4 N–H and O–H groups in total. The van der Waals surface area contributed by atoms with Gasteiger partial charge in [-0.3, -0.25) is 14.7 Å². The second-order valence-corrected chi connectivity index (χ2v) is 7.48. The zero-order valence-electron chi connectivity index (χ0n) is 15.3. The molecule has 8 heteroatoms.